The quantitative estimate of drug-likeness (QED) is 0.470. The van der Waals surface area contributed by atoms with Crippen molar-refractivity contribution >= 4 is 23.7 Å². The second-order valence-electron chi connectivity index (χ2n) is 6.67. The standard InChI is InChI=1S/C24H23N5O2/c1-3-28(4-2)24(31)21-17-26-29(20-13-9-6-10-14-20)22(21)27-23(30)19(16-25)15-18-11-7-5-8-12-18/h5-15,17H,3-4H2,1-2H3,(H,27,30)/b19-15+. The van der Waals surface area contributed by atoms with E-state index in [2.05, 4.69) is 10.4 Å². The van der Waals surface area contributed by atoms with Gasteiger partial charge in [0.15, 0.2) is 0 Å². The van der Waals surface area contributed by atoms with Crippen LogP contribution in [0.4, 0.5) is 5.82 Å². The molecule has 156 valence electrons. The molecule has 0 unspecified atom stereocenters. The SMILES string of the molecule is CCN(CC)C(=O)c1cnn(-c2ccccc2)c1NC(=O)/C(C#N)=C/c1ccccc1. The summed E-state index contributed by atoms with van der Waals surface area (Å²) in [5, 5.41) is 16.6. The summed E-state index contributed by atoms with van der Waals surface area (Å²) in [5.74, 6) is -0.632. The molecule has 0 atom stereocenters. The lowest BCUT2D eigenvalue weighted by molar-refractivity contribution is -0.112. The summed E-state index contributed by atoms with van der Waals surface area (Å²) in [6.07, 6.45) is 2.95. The van der Waals surface area contributed by atoms with Gasteiger partial charge >= 0.3 is 0 Å². The molecule has 1 heterocycles. The van der Waals surface area contributed by atoms with Crippen LogP contribution in [0.5, 0.6) is 0 Å². The predicted octanol–water partition coefficient (Wildman–Crippen LogP) is 3.90. The molecule has 0 aliphatic heterocycles. The molecule has 3 rings (SSSR count). The Morgan fingerprint density at radius 2 is 1.68 bits per heavy atom. The number of anilines is 1. The molecule has 0 fully saturated rings. The number of nitriles is 1. The van der Waals surface area contributed by atoms with Crippen molar-refractivity contribution in [2.45, 2.75) is 13.8 Å². The number of carbonyl (C=O) groups excluding carboxylic acids is 2. The normalized spacial score (nSPS) is 10.9. The number of rotatable bonds is 7. The summed E-state index contributed by atoms with van der Waals surface area (Å²) in [6.45, 7) is 4.82. The Morgan fingerprint density at radius 3 is 2.26 bits per heavy atom. The van der Waals surface area contributed by atoms with Crippen LogP contribution in [-0.4, -0.2) is 39.6 Å². The van der Waals surface area contributed by atoms with E-state index < -0.39 is 5.91 Å². The second-order valence-corrected chi connectivity index (χ2v) is 6.67. The van der Waals surface area contributed by atoms with Gasteiger partial charge in [0.25, 0.3) is 11.8 Å². The van der Waals surface area contributed by atoms with Crippen LogP contribution in [0.25, 0.3) is 11.8 Å². The van der Waals surface area contributed by atoms with E-state index in [0.29, 0.717) is 18.8 Å². The first-order valence-corrected chi connectivity index (χ1v) is 9.99. The van der Waals surface area contributed by atoms with Crippen molar-refractivity contribution < 1.29 is 9.59 Å². The van der Waals surface area contributed by atoms with E-state index in [1.54, 1.807) is 17.0 Å². The van der Waals surface area contributed by atoms with Crippen molar-refractivity contribution in [3.8, 4) is 11.8 Å². The van der Waals surface area contributed by atoms with Gasteiger partial charge in [0.05, 0.1) is 11.9 Å². The molecule has 0 saturated carbocycles. The van der Waals surface area contributed by atoms with Crippen molar-refractivity contribution in [2.24, 2.45) is 0 Å². The van der Waals surface area contributed by atoms with Crippen LogP contribution in [0, 0.1) is 11.3 Å². The molecule has 0 aliphatic rings. The predicted molar refractivity (Wildman–Crippen MR) is 119 cm³/mol. The average molecular weight is 413 g/mol. The molecular formula is C24H23N5O2. The lowest BCUT2D eigenvalue weighted by Gasteiger charge is -2.19. The Bertz CT molecular complexity index is 1120. The van der Waals surface area contributed by atoms with Gasteiger partial charge in [0.2, 0.25) is 0 Å². The summed E-state index contributed by atoms with van der Waals surface area (Å²) < 4.78 is 1.49. The molecule has 2 aromatic carbocycles. The number of nitrogens with one attached hydrogen (secondary N) is 1. The molecule has 1 aromatic heterocycles. The van der Waals surface area contributed by atoms with E-state index in [0.717, 1.165) is 5.56 Å². The number of carbonyl (C=O) groups is 2. The minimum absolute atomic E-state index is 0.0757. The van der Waals surface area contributed by atoms with Crippen molar-refractivity contribution in [2.75, 3.05) is 18.4 Å². The van der Waals surface area contributed by atoms with E-state index >= 15 is 0 Å². The molecule has 3 aromatic rings. The van der Waals surface area contributed by atoms with E-state index in [-0.39, 0.29) is 22.9 Å². The van der Waals surface area contributed by atoms with Gasteiger partial charge in [-0.1, -0.05) is 48.5 Å². The monoisotopic (exact) mass is 413 g/mol. The summed E-state index contributed by atoms with van der Waals surface area (Å²) in [4.78, 5) is 27.6. The maximum absolute atomic E-state index is 13.0. The average Bonchev–Trinajstić information content (AvgIpc) is 3.22. The second kappa shape index (κ2) is 10.0. The third-order valence-electron chi connectivity index (χ3n) is 4.76. The van der Waals surface area contributed by atoms with Crippen LogP contribution >= 0.6 is 0 Å². The Morgan fingerprint density at radius 1 is 1.06 bits per heavy atom. The molecule has 7 nitrogen and oxygen atoms in total. The first-order chi connectivity index (χ1) is 15.1. The van der Waals surface area contributed by atoms with Crippen molar-refractivity contribution in [1.29, 1.82) is 5.26 Å². The van der Waals surface area contributed by atoms with Gasteiger partial charge in [0.1, 0.15) is 23.0 Å². The van der Waals surface area contributed by atoms with E-state index in [9.17, 15) is 14.9 Å². The number of nitrogens with zero attached hydrogens (tertiary/aromatic N) is 4. The molecule has 0 bridgehead atoms. The van der Waals surface area contributed by atoms with Gasteiger partial charge in [-0.05, 0) is 37.6 Å². The summed E-state index contributed by atoms with van der Waals surface area (Å²) >= 11 is 0. The fourth-order valence-corrected chi connectivity index (χ4v) is 3.11. The van der Waals surface area contributed by atoms with Crippen molar-refractivity contribution in [3.05, 3.63) is 83.6 Å². The molecule has 2 amide bonds. The van der Waals surface area contributed by atoms with Crippen LogP contribution in [0.3, 0.4) is 0 Å². The number of para-hydroxylation sites is 1. The Kier molecular flexibility index (Phi) is 6.97. The zero-order valence-corrected chi connectivity index (χ0v) is 17.4. The van der Waals surface area contributed by atoms with Gasteiger partial charge in [-0.25, -0.2) is 4.68 Å². The van der Waals surface area contributed by atoms with E-state index in [4.69, 9.17) is 0 Å². The number of hydrogen-bond donors (Lipinski definition) is 1. The fraction of sp³-hybridized carbons (Fsp3) is 0.167. The molecule has 7 heteroatoms. The molecule has 0 radical (unpaired) electrons. The zero-order valence-electron chi connectivity index (χ0n) is 17.4. The van der Waals surface area contributed by atoms with Gasteiger partial charge < -0.3 is 10.2 Å². The number of amides is 2. The molecule has 31 heavy (non-hydrogen) atoms. The lowest BCUT2D eigenvalue weighted by atomic mass is 10.1. The Labute approximate surface area is 181 Å². The maximum atomic E-state index is 13.0. The molecule has 0 saturated heterocycles. The Hall–Kier alpha value is -4.18. The van der Waals surface area contributed by atoms with Crippen LogP contribution in [0.2, 0.25) is 0 Å². The third-order valence-corrected chi connectivity index (χ3v) is 4.76. The summed E-state index contributed by atoms with van der Waals surface area (Å²) in [7, 11) is 0. The zero-order chi connectivity index (χ0) is 22.2. The van der Waals surface area contributed by atoms with E-state index in [1.807, 2.05) is 68.4 Å². The largest absolute Gasteiger partial charge is 0.339 e. The smallest absolute Gasteiger partial charge is 0.267 e. The first kappa shape index (κ1) is 21.5. The number of hydrogen-bond acceptors (Lipinski definition) is 4. The molecule has 1 N–H and O–H groups in total. The third kappa shape index (κ3) is 4.87. The van der Waals surface area contributed by atoms with Gasteiger partial charge in [-0.3, -0.25) is 9.59 Å². The number of benzene rings is 2. The van der Waals surface area contributed by atoms with Crippen molar-refractivity contribution in [3.63, 3.8) is 0 Å². The Balaban J connectivity index is 2.02. The fourth-order valence-electron chi connectivity index (χ4n) is 3.11. The molecular weight excluding hydrogens is 390 g/mol. The van der Waals surface area contributed by atoms with Crippen molar-refractivity contribution in [1.82, 2.24) is 14.7 Å². The van der Waals surface area contributed by atoms with Crippen LogP contribution in [0.15, 0.2) is 72.4 Å². The highest BCUT2D eigenvalue weighted by molar-refractivity contribution is 6.12. The number of aromatic nitrogens is 2. The minimum Gasteiger partial charge on any atom is -0.339 e. The highest BCUT2D eigenvalue weighted by atomic mass is 16.2. The molecule has 0 spiro atoms. The summed E-state index contributed by atoms with van der Waals surface area (Å²) in [6, 6.07) is 20.2. The topological polar surface area (TPSA) is 91.0 Å². The van der Waals surface area contributed by atoms with Gasteiger partial charge in [-0.2, -0.15) is 10.4 Å². The van der Waals surface area contributed by atoms with Crippen LogP contribution in [-0.2, 0) is 4.79 Å². The maximum Gasteiger partial charge on any atom is 0.267 e. The van der Waals surface area contributed by atoms with Gasteiger partial charge in [-0.15, -0.1) is 0 Å². The van der Waals surface area contributed by atoms with Crippen LogP contribution in [0.1, 0.15) is 29.8 Å². The van der Waals surface area contributed by atoms with Gasteiger partial charge in [0, 0.05) is 13.1 Å². The summed E-state index contributed by atoms with van der Waals surface area (Å²) in [5.41, 5.74) is 1.60. The highest BCUT2D eigenvalue weighted by Gasteiger charge is 2.24. The van der Waals surface area contributed by atoms with E-state index in [1.165, 1.54) is 17.0 Å². The highest BCUT2D eigenvalue weighted by Crippen LogP contribution is 2.23. The van der Waals surface area contributed by atoms with Crippen LogP contribution < -0.4 is 5.32 Å². The molecule has 0 aliphatic carbocycles. The minimum atomic E-state index is -0.613. The first-order valence-electron chi connectivity index (χ1n) is 9.99. The lowest BCUT2D eigenvalue weighted by Crippen LogP contribution is -2.31.